The fourth-order valence-electron chi connectivity index (χ4n) is 2.22. The Morgan fingerprint density at radius 3 is 2.81 bits per heavy atom. The topological polar surface area (TPSA) is 83.0 Å². The molecule has 1 saturated carbocycles. The van der Waals surface area contributed by atoms with Gasteiger partial charge in [-0.3, -0.25) is 4.79 Å². The fourth-order valence-corrected chi connectivity index (χ4v) is 2.22. The Bertz CT molecular complexity index is 447. The first kappa shape index (κ1) is 10.9. The van der Waals surface area contributed by atoms with Crippen LogP contribution in [0.4, 0.5) is 0 Å². The summed E-state index contributed by atoms with van der Waals surface area (Å²) >= 11 is 0. The second kappa shape index (κ2) is 4.47. The predicted molar refractivity (Wildman–Crippen MR) is 57.4 cm³/mol. The van der Waals surface area contributed by atoms with Crippen molar-refractivity contribution in [3.05, 3.63) is 27.9 Å². The molecule has 0 atom stereocenters. The summed E-state index contributed by atoms with van der Waals surface area (Å²) in [5, 5.41) is 8.67. The maximum atomic E-state index is 11.3. The quantitative estimate of drug-likeness (QED) is 0.800. The highest BCUT2D eigenvalue weighted by Crippen LogP contribution is 2.32. The number of hydrogen-bond donors (Lipinski definition) is 2. The molecule has 2 N–H and O–H groups in total. The van der Waals surface area contributed by atoms with Crippen LogP contribution in [0.25, 0.3) is 0 Å². The Morgan fingerprint density at radius 1 is 1.50 bits per heavy atom. The van der Waals surface area contributed by atoms with Gasteiger partial charge >= 0.3 is 11.7 Å². The zero-order valence-corrected chi connectivity index (χ0v) is 8.90. The third kappa shape index (κ3) is 2.48. The van der Waals surface area contributed by atoms with E-state index in [2.05, 4.69) is 9.97 Å². The Labute approximate surface area is 92.5 Å². The van der Waals surface area contributed by atoms with E-state index in [9.17, 15) is 9.59 Å². The van der Waals surface area contributed by atoms with Gasteiger partial charge in [0.2, 0.25) is 0 Å². The average molecular weight is 222 g/mol. The van der Waals surface area contributed by atoms with Crippen LogP contribution in [0.1, 0.15) is 43.0 Å². The third-order valence-electron chi connectivity index (χ3n) is 2.94. The summed E-state index contributed by atoms with van der Waals surface area (Å²) in [6, 6.07) is 1.71. The minimum absolute atomic E-state index is 0.155. The van der Waals surface area contributed by atoms with Crippen molar-refractivity contribution in [2.75, 3.05) is 0 Å². The Morgan fingerprint density at radius 2 is 2.19 bits per heavy atom. The molecule has 1 aliphatic rings. The van der Waals surface area contributed by atoms with Gasteiger partial charge in [0.05, 0.1) is 12.1 Å². The monoisotopic (exact) mass is 222 g/mol. The van der Waals surface area contributed by atoms with E-state index >= 15 is 0 Å². The van der Waals surface area contributed by atoms with Crippen LogP contribution in [0.2, 0.25) is 0 Å². The van der Waals surface area contributed by atoms with E-state index in [1.165, 1.54) is 0 Å². The highest BCUT2D eigenvalue weighted by Gasteiger charge is 2.19. The number of carbonyl (C=O) groups is 1. The van der Waals surface area contributed by atoms with Crippen LogP contribution in [0.5, 0.6) is 0 Å². The number of carboxylic acids is 1. The van der Waals surface area contributed by atoms with Gasteiger partial charge in [0.1, 0.15) is 0 Å². The van der Waals surface area contributed by atoms with Crippen molar-refractivity contribution in [3.63, 3.8) is 0 Å². The van der Waals surface area contributed by atoms with Gasteiger partial charge in [-0.15, -0.1) is 0 Å². The number of hydrogen-bond acceptors (Lipinski definition) is 3. The lowest BCUT2D eigenvalue weighted by molar-refractivity contribution is -0.136. The zero-order valence-electron chi connectivity index (χ0n) is 8.90. The van der Waals surface area contributed by atoms with Crippen LogP contribution in [0.3, 0.4) is 0 Å². The van der Waals surface area contributed by atoms with Crippen molar-refractivity contribution < 1.29 is 9.90 Å². The molecule has 1 fully saturated rings. The molecular weight excluding hydrogens is 208 g/mol. The molecule has 5 heteroatoms. The second-order valence-corrected chi connectivity index (χ2v) is 4.19. The molecule has 16 heavy (non-hydrogen) atoms. The number of aliphatic carboxylic acids is 1. The lowest BCUT2D eigenvalue weighted by Crippen LogP contribution is -2.18. The van der Waals surface area contributed by atoms with E-state index in [-0.39, 0.29) is 6.42 Å². The van der Waals surface area contributed by atoms with E-state index < -0.39 is 11.7 Å². The molecule has 1 aromatic rings. The standard InChI is InChI=1S/C11H14N2O3/c14-10(15)6-8-5-9(13-11(16)12-8)7-3-1-2-4-7/h5,7H,1-4,6H2,(H,14,15)(H,12,13,16). The van der Waals surface area contributed by atoms with Crippen molar-refractivity contribution >= 4 is 5.97 Å². The van der Waals surface area contributed by atoms with E-state index in [0.717, 1.165) is 31.4 Å². The van der Waals surface area contributed by atoms with Crippen LogP contribution < -0.4 is 5.69 Å². The number of nitrogens with one attached hydrogen (secondary N) is 1. The summed E-state index contributed by atoms with van der Waals surface area (Å²) in [5.41, 5.74) is 0.743. The molecule has 86 valence electrons. The SMILES string of the molecule is O=C(O)Cc1cc(C2CCCC2)nc(=O)[nH]1. The maximum Gasteiger partial charge on any atom is 0.345 e. The molecule has 1 aromatic heterocycles. The van der Waals surface area contributed by atoms with Crippen LogP contribution in [-0.2, 0) is 11.2 Å². The molecule has 0 aromatic carbocycles. The van der Waals surface area contributed by atoms with Crippen molar-refractivity contribution in [2.45, 2.75) is 38.0 Å². The lowest BCUT2D eigenvalue weighted by atomic mass is 10.0. The van der Waals surface area contributed by atoms with Gasteiger partial charge in [0, 0.05) is 11.6 Å². The first-order chi connectivity index (χ1) is 7.65. The summed E-state index contributed by atoms with van der Waals surface area (Å²) < 4.78 is 0. The average Bonchev–Trinajstić information content (AvgIpc) is 2.67. The highest BCUT2D eigenvalue weighted by atomic mass is 16.4. The summed E-state index contributed by atoms with van der Waals surface area (Å²) in [6.07, 6.45) is 4.25. The first-order valence-electron chi connectivity index (χ1n) is 5.47. The van der Waals surface area contributed by atoms with Gasteiger partial charge in [0.25, 0.3) is 0 Å². The van der Waals surface area contributed by atoms with Gasteiger partial charge in [-0.1, -0.05) is 12.8 Å². The fraction of sp³-hybridized carbons (Fsp3) is 0.545. The normalized spacial score (nSPS) is 16.5. The van der Waals surface area contributed by atoms with Crippen LogP contribution in [0, 0.1) is 0 Å². The smallest absolute Gasteiger partial charge is 0.345 e. The van der Waals surface area contributed by atoms with Crippen LogP contribution in [0.15, 0.2) is 10.9 Å². The third-order valence-corrected chi connectivity index (χ3v) is 2.94. The molecule has 0 aliphatic heterocycles. The van der Waals surface area contributed by atoms with Gasteiger partial charge in [0.15, 0.2) is 0 Å². The first-order valence-corrected chi connectivity index (χ1v) is 5.47. The maximum absolute atomic E-state index is 11.3. The van der Waals surface area contributed by atoms with Gasteiger partial charge in [-0.2, -0.15) is 4.98 Å². The predicted octanol–water partition coefficient (Wildman–Crippen LogP) is 1.05. The second-order valence-electron chi connectivity index (χ2n) is 4.19. The summed E-state index contributed by atoms with van der Waals surface area (Å²) in [7, 11) is 0. The largest absolute Gasteiger partial charge is 0.481 e. The molecule has 0 radical (unpaired) electrons. The van der Waals surface area contributed by atoms with Gasteiger partial charge in [-0.25, -0.2) is 4.79 Å². The molecule has 5 nitrogen and oxygen atoms in total. The zero-order chi connectivity index (χ0) is 11.5. The van der Waals surface area contributed by atoms with Crippen molar-refractivity contribution in [1.29, 1.82) is 0 Å². The number of H-pyrrole nitrogens is 1. The summed E-state index contributed by atoms with van der Waals surface area (Å²) in [5.74, 6) is -0.617. The molecule has 1 heterocycles. The molecule has 0 bridgehead atoms. The minimum atomic E-state index is -0.945. The molecule has 0 amide bonds. The number of aromatic amines is 1. The molecule has 0 saturated heterocycles. The van der Waals surface area contributed by atoms with Gasteiger partial charge < -0.3 is 10.1 Å². The minimum Gasteiger partial charge on any atom is -0.481 e. The number of aromatic nitrogens is 2. The Kier molecular flexibility index (Phi) is 3.03. The molecular formula is C11H14N2O3. The molecule has 0 unspecified atom stereocenters. The Balaban J connectivity index is 2.27. The summed E-state index contributed by atoms with van der Waals surface area (Å²) in [6.45, 7) is 0. The van der Waals surface area contributed by atoms with Crippen molar-refractivity contribution in [3.8, 4) is 0 Å². The molecule has 2 rings (SSSR count). The van der Waals surface area contributed by atoms with Gasteiger partial charge in [-0.05, 0) is 18.9 Å². The number of carboxylic acid groups (broad SMARTS) is 1. The Hall–Kier alpha value is -1.65. The van der Waals surface area contributed by atoms with E-state index in [1.54, 1.807) is 6.07 Å². The van der Waals surface area contributed by atoms with Crippen molar-refractivity contribution in [2.24, 2.45) is 0 Å². The number of rotatable bonds is 3. The van der Waals surface area contributed by atoms with Crippen molar-refractivity contribution in [1.82, 2.24) is 9.97 Å². The molecule has 1 aliphatic carbocycles. The number of nitrogens with zero attached hydrogens (tertiary/aromatic N) is 1. The van der Waals surface area contributed by atoms with Crippen LogP contribution >= 0.6 is 0 Å². The van der Waals surface area contributed by atoms with E-state index in [0.29, 0.717) is 11.6 Å². The molecule has 0 spiro atoms. The van der Waals surface area contributed by atoms with Crippen LogP contribution in [-0.4, -0.2) is 21.0 Å². The lowest BCUT2D eigenvalue weighted by Gasteiger charge is -2.08. The summed E-state index contributed by atoms with van der Waals surface area (Å²) in [4.78, 5) is 28.2. The van der Waals surface area contributed by atoms with E-state index in [4.69, 9.17) is 5.11 Å². The highest BCUT2D eigenvalue weighted by molar-refractivity contribution is 5.69. The van der Waals surface area contributed by atoms with E-state index in [1.807, 2.05) is 0 Å².